The molecule has 2 N–H and O–H groups in total. The summed E-state index contributed by atoms with van der Waals surface area (Å²) in [5, 5.41) is 0. The third-order valence-corrected chi connectivity index (χ3v) is 2.99. The molecule has 0 bridgehead atoms. The number of halogens is 1. The molecule has 5 heteroatoms. The minimum atomic E-state index is -0.151. The van der Waals surface area contributed by atoms with Crippen LogP contribution in [0.2, 0.25) is 0 Å². The minimum absolute atomic E-state index is 0.151. The van der Waals surface area contributed by atoms with Gasteiger partial charge >= 0.3 is 0 Å². The number of rotatable bonds is 2. The Balaban J connectivity index is 2.32. The first-order valence-corrected chi connectivity index (χ1v) is 6.12. The van der Waals surface area contributed by atoms with Crippen LogP contribution < -0.4 is 10.6 Å². The molecule has 0 saturated carbocycles. The lowest BCUT2D eigenvalue weighted by molar-refractivity contribution is 0.0992. The topological polar surface area (TPSA) is 59.2 Å². The first-order chi connectivity index (χ1) is 8.59. The van der Waals surface area contributed by atoms with Crippen LogP contribution in [0.1, 0.15) is 10.4 Å². The summed E-state index contributed by atoms with van der Waals surface area (Å²) in [6.45, 7) is 0. The highest BCUT2D eigenvalue weighted by Crippen LogP contribution is 2.23. The van der Waals surface area contributed by atoms with Crippen molar-refractivity contribution >= 4 is 33.2 Å². The number of para-hydroxylation sites is 2. The molecule has 0 atom stereocenters. The number of anilines is 2. The van der Waals surface area contributed by atoms with Crippen molar-refractivity contribution in [3.05, 3.63) is 52.8 Å². The summed E-state index contributed by atoms with van der Waals surface area (Å²) in [6.07, 6.45) is 3.16. The number of hydrogen-bond donors (Lipinski definition) is 1. The van der Waals surface area contributed by atoms with E-state index in [0.29, 0.717) is 16.9 Å². The summed E-state index contributed by atoms with van der Waals surface area (Å²) in [4.78, 5) is 17.7. The van der Waals surface area contributed by atoms with Crippen LogP contribution >= 0.6 is 15.9 Å². The van der Waals surface area contributed by atoms with Gasteiger partial charge in [0.1, 0.15) is 0 Å². The molecule has 1 heterocycles. The van der Waals surface area contributed by atoms with Crippen LogP contribution in [-0.2, 0) is 0 Å². The SMILES string of the molecule is CN(C(=O)c1cncc(Br)c1)c1ccccc1N. The molecule has 0 aliphatic heterocycles. The van der Waals surface area contributed by atoms with E-state index in [2.05, 4.69) is 20.9 Å². The highest BCUT2D eigenvalue weighted by Gasteiger charge is 2.15. The fourth-order valence-corrected chi connectivity index (χ4v) is 1.99. The Morgan fingerprint density at radius 2 is 2.06 bits per heavy atom. The zero-order valence-electron chi connectivity index (χ0n) is 9.80. The molecule has 1 amide bonds. The van der Waals surface area contributed by atoms with E-state index < -0.39 is 0 Å². The van der Waals surface area contributed by atoms with Gasteiger partial charge in [0.05, 0.1) is 16.9 Å². The van der Waals surface area contributed by atoms with Crippen molar-refractivity contribution in [1.82, 2.24) is 4.98 Å². The van der Waals surface area contributed by atoms with Crippen LogP contribution in [0.5, 0.6) is 0 Å². The van der Waals surface area contributed by atoms with Gasteiger partial charge < -0.3 is 10.6 Å². The fraction of sp³-hybridized carbons (Fsp3) is 0.0769. The molecular weight excluding hydrogens is 294 g/mol. The third kappa shape index (κ3) is 2.51. The van der Waals surface area contributed by atoms with E-state index >= 15 is 0 Å². The van der Waals surface area contributed by atoms with Gasteiger partial charge in [-0.2, -0.15) is 0 Å². The Kier molecular flexibility index (Phi) is 3.62. The van der Waals surface area contributed by atoms with E-state index in [1.807, 2.05) is 12.1 Å². The van der Waals surface area contributed by atoms with E-state index in [1.54, 1.807) is 31.4 Å². The Bertz CT molecular complexity index is 586. The molecule has 0 radical (unpaired) electrons. The fourth-order valence-electron chi connectivity index (χ4n) is 1.62. The smallest absolute Gasteiger partial charge is 0.259 e. The van der Waals surface area contributed by atoms with Gasteiger partial charge in [-0.3, -0.25) is 9.78 Å². The summed E-state index contributed by atoms with van der Waals surface area (Å²) in [5.74, 6) is -0.151. The van der Waals surface area contributed by atoms with Crippen LogP contribution in [0.3, 0.4) is 0 Å². The number of pyridine rings is 1. The van der Waals surface area contributed by atoms with Crippen LogP contribution in [-0.4, -0.2) is 17.9 Å². The predicted octanol–water partition coefficient (Wildman–Crippen LogP) is 2.70. The molecule has 0 aliphatic carbocycles. The van der Waals surface area contributed by atoms with E-state index in [9.17, 15) is 4.79 Å². The molecule has 92 valence electrons. The van der Waals surface area contributed by atoms with Crippen molar-refractivity contribution in [2.75, 3.05) is 17.7 Å². The molecular formula is C13H12BrN3O. The number of nitrogen functional groups attached to an aromatic ring is 1. The monoisotopic (exact) mass is 305 g/mol. The number of carbonyl (C=O) groups is 1. The van der Waals surface area contributed by atoms with Crippen molar-refractivity contribution < 1.29 is 4.79 Å². The molecule has 0 saturated heterocycles. The van der Waals surface area contributed by atoms with Gasteiger partial charge in [0, 0.05) is 23.9 Å². The van der Waals surface area contributed by atoms with Crippen LogP contribution in [0.25, 0.3) is 0 Å². The lowest BCUT2D eigenvalue weighted by atomic mass is 10.2. The number of amides is 1. The van der Waals surface area contributed by atoms with Crippen molar-refractivity contribution in [1.29, 1.82) is 0 Å². The molecule has 2 aromatic rings. The van der Waals surface area contributed by atoms with Gasteiger partial charge in [-0.15, -0.1) is 0 Å². The Morgan fingerprint density at radius 1 is 1.33 bits per heavy atom. The maximum absolute atomic E-state index is 12.3. The van der Waals surface area contributed by atoms with Crippen LogP contribution in [0.4, 0.5) is 11.4 Å². The van der Waals surface area contributed by atoms with E-state index in [1.165, 1.54) is 11.1 Å². The Labute approximate surface area is 114 Å². The van der Waals surface area contributed by atoms with E-state index in [4.69, 9.17) is 5.73 Å². The quantitative estimate of drug-likeness (QED) is 0.868. The van der Waals surface area contributed by atoms with Crippen LogP contribution in [0.15, 0.2) is 47.2 Å². The standard InChI is InChI=1S/C13H12BrN3O/c1-17(12-5-3-2-4-11(12)15)13(18)9-6-10(14)8-16-7-9/h2-8H,15H2,1H3. The van der Waals surface area contributed by atoms with Gasteiger partial charge in [-0.05, 0) is 34.1 Å². The second-order valence-electron chi connectivity index (χ2n) is 3.81. The lowest BCUT2D eigenvalue weighted by Gasteiger charge is -2.19. The second-order valence-corrected chi connectivity index (χ2v) is 4.73. The number of aromatic nitrogens is 1. The molecule has 0 unspecified atom stereocenters. The van der Waals surface area contributed by atoms with Crippen LogP contribution in [0, 0.1) is 0 Å². The molecule has 4 nitrogen and oxygen atoms in total. The van der Waals surface area contributed by atoms with Crippen molar-refractivity contribution in [3.8, 4) is 0 Å². The lowest BCUT2D eigenvalue weighted by Crippen LogP contribution is -2.27. The first kappa shape index (κ1) is 12.6. The molecule has 0 aliphatic rings. The molecule has 18 heavy (non-hydrogen) atoms. The van der Waals surface area contributed by atoms with E-state index in [-0.39, 0.29) is 5.91 Å². The third-order valence-electron chi connectivity index (χ3n) is 2.55. The molecule has 0 spiro atoms. The minimum Gasteiger partial charge on any atom is -0.397 e. The summed E-state index contributed by atoms with van der Waals surface area (Å²) >= 11 is 3.29. The van der Waals surface area contributed by atoms with Gasteiger partial charge in [0.25, 0.3) is 5.91 Å². The van der Waals surface area contributed by atoms with Gasteiger partial charge in [-0.1, -0.05) is 12.1 Å². The number of carbonyl (C=O) groups excluding carboxylic acids is 1. The first-order valence-electron chi connectivity index (χ1n) is 5.32. The number of hydrogen-bond acceptors (Lipinski definition) is 3. The average Bonchev–Trinajstić information content (AvgIpc) is 2.37. The highest BCUT2D eigenvalue weighted by molar-refractivity contribution is 9.10. The zero-order valence-corrected chi connectivity index (χ0v) is 11.4. The maximum atomic E-state index is 12.3. The average molecular weight is 306 g/mol. The Morgan fingerprint density at radius 3 is 2.72 bits per heavy atom. The highest BCUT2D eigenvalue weighted by atomic mass is 79.9. The van der Waals surface area contributed by atoms with E-state index in [0.717, 1.165) is 4.47 Å². The summed E-state index contributed by atoms with van der Waals surface area (Å²) in [6, 6.07) is 8.97. The summed E-state index contributed by atoms with van der Waals surface area (Å²) < 4.78 is 0.766. The van der Waals surface area contributed by atoms with Crippen molar-refractivity contribution in [2.45, 2.75) is 0 Å². The maximum Gasteiger partial charge on any atom is 0.259 e. The van der Waals surface area contributed by atoms with Gasteiger partial charge in [-0.25, -0.2) is 0 Å². The number of nitrogens with two attached hydrogens (primary N) is 1. The Hall–Kier alpha value is -1.88. The predicted molar refractivity (Wildman–Crippen MR) is 75.5 cm³/mol. The largest absolute Gasteiger partial charge is 0.397 e. The van der Waals surface area contributed by atoms with Gasteiger partial charge in [0.15, 0.2) is 0 Å². The molecule has 2 rings (SSSR count). The number of benzene rings is 1. The van der Waals surface area contributed by atoms with Crippen molar-refractivity contribution in [3.63, 3.8) is 0 Å². The number of nitrogens with zero attached hydrogens (tertiary/aromatic N) is 2. The normalized spacial score (nSPS) is 10.1. The zero-order chi connectivity index (χ0) is 13.1. The summed E-state index contributed by atoms with van der Waals surface area (Å²) in [7, 11) is 1.69. The molecule has 1 aromatic carbocycles. The summed E-state index contributed by atoms with van der Waals surface area (Å²) in [5.41, 5.74) is 7.61. The second kappa shape index (κ2) is 5.18. The molecule has 1 aromatic heterocycles. The van der Waals surface area contributed by atoms with Crippen molar-refractivity contribution in [2.24, 2.45) is 0 Å². The molecule has 0 fully saturated rings. The van der Waals surface area contributed by atoms with Gasteiger partial charge in [0.2, 0.25) is 0 Å².